The average molecular weight is 274 g/mol. The van der Waals surface area contributed by atoms with Gasteiger partial charge in [0.25, 0.3) is 0 Å². The van der Waals surface area contributed by atoms with E-state index in [1.54, 1.807) is 0 Å². The topological polar surface area (TPSA) is 37.3 Å². The number of carboxylic acid groups (broad SMARTS) is 1. The fourth-order valence-corrected chi connectivity index (χ4v) is 3.59. The Hall–Kier alpha value is -1.31. The van der Waals surface area contributed by atoms with E-state index in [-0.39, 0.29) is 5.92 Å². The van der Waals surface area contributed by atoms with Gasteiger partial charge < -0.3 is 5.11 Å². The van der Waals surface area contributed by atoms with Gasteiger partial charge in [-0.3, -0.25) is 4.79 Å². The molecule has 1 aromatic rings. The fraction of sp³-hybridized carbons (Fsp3) is 0.611. The highest BCUT2D eigenvalue weighted by Gasteiger charge is 2.34. The van der Waals surface area contributed by atoms with Gasteiger partial charge >= 0.3 is 5.97 Å². The fourth-order valence-electron chi connectivity index (χ4n) is 3.59. The van der Waals surface area contributed by atoms with E-state index in [0.717, 1.165) is 25.7 Å². The molecular weight excluding hydrogens is 248 g/mol. The second kappa shape index (κ2) is 6.43. The van der Waals surface area contributed by atoms with Crippen molar-refractivity contribution in [1.82, 2.24) is 0 Å². The minimum atomic E-state index is -0.602. The molecule has 20 heavy (non-hydrogen) atoms. The number of carboxylic acids is 1. The van der Waals surface area contributed by atoms with E-state index in [9.17, 15) is 9.90 Å². The predicted octanol–water partition coefficient (Wildman–Crippen LogP) is 4.37. The van der Waals surface area contributed by atoms with Crippen LogP contribution in [-0.2, 0) is 11.2 Å². The van der Waals surface area contributed by atoms with E-state index in [0.29, 0.717) is 11.8 Å². The molecule has 110 valence electrons. The van der Waals surface area contributed by atoms with E-state index in [4.69, 9.17) is 0 Å². The lowest BCUT2D eigenvalue weighted by molar-refractivity contribution is -0.145. The first kappa shape index (κ1) is 15.1. The summed E-state index contributed by atoms with van der Waals surface area (Å²) < 4.78 is 0. The Morgan fingerprint density at radius 1 is 1.30 bits per heavy atom. The van der Waals surface area contributed by atoms with Gasteiger partial charge in [0.2, 0.25) is 0 Å². The Morgan fingerprint density at radius 3 is 2.70 bits per heavy atom. The van der Waals surface area contributed by atoms with Gasteiger partial charge in [-0.15, -0.1) is 0 Å². The standard InChI is InChI=1S/C18H26O2/c1-4-14-7-8-17(18(19)20)16(10-14)11-15-9-12(2)5-6-13(15)3/h5-6,9,14,16-17H,4,7-8,10-11H2,1-3H3,(H,19,20). The van der Waals surface area contributed by atoms with Crippen LogP contribution in [0.3, 0.4) is 0 Å². The lowest BCUT2D eigenvalue weighted by atomic mass is 9.70. The third-order valence-corrected chi connectivity index (χ3v) is 4.97. The van der Waals surface area contributed by atoms with Crippen molar-refractivity contribution in [3.8, 4) is 0 Å². The maximum atomic E-state index is 11.5. The summed E-state index contributed by atoms with van der Waals surface area (Å²) in [6.07, 6.45) is 5.09. The van der Waals surface area contributed by atoms with Crippen LogP contribution in [-0.4, -0.2) is 11.1 Å². The number of aryl methyl sites for hydroxylation is 2. The Kier molecular flexibility index (Phi) is 4.85. The molecule has 1 aliphatic rings. The highest BCUT2D eigenvalue weighted by Crippen LogP contribution is 2.38. The summed E-state index contributed by atoms with van der Waals surface area (Å²) in [5, 5.41) is 9.47. The van der Waals surface area contributed by atoms with Crippen LogP contribution in [0, 0.1) is 31.6 Å². The highest BCUT2D eigenvalue weighted by molar-refractivity contribution is 5.70. The first-order chi connectivity index (χ1) is 9.51. The summed E-state index contributed by atoms with van der Waals surface area (Å²) in [7, 11) is 0. The molecule has 1 fully saturated rings. The lowest BCUT2D eigenvalue weighted by Gasteiger charge is -2.34. The molecule has 0 aromatic heterocycles. The van der Waals surface area contributed by atoms with E-state index in [2.05, 4.69) is 39.0 Å². The Labute approximate surface area is 122 Å². The summed E-state index contributed by atoms with van der Waals surface area (Å²) >= 11 is 0. The van der Waals surface area contributed by atoms with Gasteiger partial charge in [0.05, 0.1) is 5.92 Å². The first-order valence-electron chi connectivity index (χ1n) is 7.80. The van der Waals surface area contributed by atoms with Gasteiger partial charge in [-0.2, -0.15) is 0 Å². The zero-order valence-corrected chi connectivity index (χ0v) is 12.9. The third-order valence-electron chi connectivity index (χ3n) is 4.97. The molecule has 0 saturated heterocycles. The summed E-state index contributed by atoms with van der Waals surface area (Å²) in [6.45, 7) is 6.46. The number of benzene rings is 1. The first-order valence-corrected chi connectivity index (χ1v) is 7.80. The molecule has 3 atom stereocenters. The smallest absolute Gasteiger partial charge is 0.306 e. The van der Waals surface area contributed by atoms with Crippen molar-refractivity contribution in [3.63, 3.8) is 0 Å². The third kappa shape index (κ3) is 3.41. The van der Waals surface area contributed by atoms with Gasteiger partial charge in [0, 0.05) is 0 Å². The maximum Gasteiger partial charge on any atom is 0.306 e. The average Bonchev–Trinajstić information content (AvgIpc) is 2.42. The van der Waals surface area contributed by atoms with Crippen molar-refractivity contribution in [2.45, 2.75) is 52.9 Å². The van der Waals surface area contributed by atoms with Gasteiger partial charge in [-0.05, 0) is 62.5 Å². The Balaban J connectivity index is 2.18. The van der Waals surface area contributed by atoms with Crippen molar-refractivity contribution in [1.29, 1.82) is 0 Å². The minimum Gasteiger partial charge on any atom is -0.481 e. The Bertz CT molecular complexity index is 478. The number of hydrogen-bond acceptors (Lipinski definition) is 1. The molecule has 1 saturated carbocycles. The zero-order valence-electron chi connectivity index (χ0n) is 12.9. The quantitative estimate of drug-likeness (QED) is 0.885. The van der Waals surface area contributed by atoms with E-state index >= 15 is 0 Å². The minimum absolute atomic E-state index is 0.155. The lowest BCUT2D eigenvalue weighted by Crippen LogP contribution is -2.32. The summed E-state index contributed by atoms with van der Waals surface area (Å²) in [4.78, 5) is 11.5. The molecule has 3 unspecified atom stereocenters. The van der Waals surface area contributed by atoms with Crippen molar-refractivity contribution in [2.24, 2.45) is 17.8 Å². The van der Waals surface area contributed by atoms with Crippen LogP contribution in [0.5, 0.6) is 0 Å². The Morgan fingerprint density at radius 2 is 2.05 bits per heavy atom. The molecule has 0 radical (unpaired) electrons. The van der Waals surface area contributed by atoms with Gasteiger partial charge in [0.15, 0.2) is 0 Å². The van der Waals surface area contributed by atoms with Crippen LogP contribution >= 0.6 is 0 Å². The zero-order chi connectivity index (χ0) is 14.7. The molecule has 0 spiro atoms. The van der Waals surface area contributed by atoms with Crippen LogP contribution in [0.4, 0.5) is 0 Å². The summed E-state index contributed by atoms with van der Waals surface area (Å²) in [5.41, 5.74) is 3.89. The second-order valence-corrected chi connectivity index (χ2v) is 6.43. The molecule has 1 aliphatic carbocycles. The SMILES string of the molecule is CCC1CCC(C(=O)O)C(Cc2cc(C)ccc2C)C1. The summed E-state index contributed by atoms with van der Waals surface area (Å²) in [5.74, 6) is 0.250. The normalized spacial score (nSPS) is 26.4. The number of carbonyl (C=O) groups is 1. The molecule has 0 aliphatic heterocycles. The van der Waals surface area contributed by atoms with Crippen LogP contribution in [0.2, 0.25) is 0 Å². The van der Waals surface area contributed by atoms with Crippen LogP contribution in [0.15, 0.2) is 18.2 Å². The number of hydrogen-bond donors (Lipinski definition) is 1. The van der Waals surface area contributed by atoms with Crippen LogP contribution < -0.4 is 0 Å². The molecule has 2 heteroatoms. The van der Waals surface area contributed by atoms with Crippen molar-refractivity contribution < 1.29 is 9.90 Å². The summed E-state index contributed by atoms with van der Waals surface area (Å²) in [6, 6.07) is 6.51. The van der Waals surface area contributed by atoms with Gasteiger partial charge in [-0.25, -0.2) is 0 Å². The van der Waals surface area contributed by atoms with Crippen LogP contribution in [0.1, 0.15) is 49.3 Å². The molecule has 1 N–H and O–H groups in total. The maximum absolute atomic E-state index is 11.5. The van der Waals surface area contributed by atoms with Crippen molar-refractivity contribution in [3.05, 3.63) is 34.9 Å². The molecular formula is C18H26O2. The van der Waals surface area contributed by atoms with Crippen LogP contribution in [0.25, 0.3) is 0 Å². The highest BCUT2D eigenvalue weighted by atomic mass is 16.4. The van der Waals surface area contributed by atoms with Gasteiger partial charge in [-0.1, -0.05) is 37.1 Å². The molecule has 0 amide bonds. The predicted molar refractivity (Wildman–Crippen MR) is 81.9 cm³/mol. The molecule has 2 nitrogen and oxygen atoms in total. The van der Waals surface area contributed by atoms with Crippen molar-refractivity contribution >= 4 is 5.97 Å². The van der Waals surface area contributed by atoms with Gasteiger partial charge in [0.1, 0.15) is 0 Å². The van der Waals surface area contributed by atoms with E-state index in [1.165, 1.54) is 23.1 Å². The number of rotatable bonds is 4. The molecule has 0 heterocycles. The largest absolute Gasteiger partial charge is 0.481 e. The van der Waals surface area contributed by atoms with E-state index in [1.807, 2.05) is 0 Å². The molecule has 1 aromatic carbocycles. The van der Waals surface area contributed by atoms with E-state index < -0.39 is 5.97 Å². The second-order valence-electron chi connectivity index (χ2n) is 6.43. The molecule has 0 bridgehead atoms. The van der Waals surface area contributed by atoms with Crippen molar-refractivity contribution in [2.75, 3.05) is 0 Å². The number of aliphatic carboxylic acids is 1. The monoisotopic (exact) mass is 274 g/mol. The molecule has 2 rings (SSSR count).